The second-order valence-electron chi connectivity index (χ2n) is 12.2. The maximum atomic E-state index is 14.0. The summed E-state index contributed by atoms with van der Waals surface area (Å²) >= 11 is 0. The van der Waals surface area contributed by atoms with Crippen molar-refractivity contribution in [2.24, 2.45) is 0 Å². The summed E-state index contributed by atoms with van der Waals surface area (Å²) in [6.45, 7) is 8.97. The highest BCUT2D eigenvalue weighted by Gasteiger charge is 2.58. The maximum absolute atomic E-state index is 14.0. The number of hydrogen-bond acceptors (Lipinski definition) is 6. The molecule has 1 saturated carbocycles. The van der Waals surface area contributed by atoms with E-state index in [2.05, 4.69) is 10.2 Å². The standard InChI is InChI=1S/C32H41F3N2O5/c1-22-9-11-23(12-10-22)20-39-26-18-31(19-27-28(26)42-30(2,3)41-27,29(38)36-13-16-37-14-4-5-15-37)40-21-24-7-6-8-25(17-24)32(33,34)35/h6-12,17,26-28H,4-5,13-16,18-21H2,1-3H3,(H,36,38)/t26-,27-,28+,31-/m1/s1. The number of carbonyl (C=O) groups is 1. The van der Waals surface area contributed by atoms with Gasteiger partial charge in [-0.2, -0.15) is 13.2 Å². The Bertz CT molecular complexity index is 1220. The fourth-order valence-corrected chi connectivity index (χ4v) is 6.15. The Balaban J connectivity index is 1.38. The molecule has 1 aliphatic carbocycles. The Morgan fingerprint density at radius 2 is 1.76 bits per heavy atom. The minimum Gasteiger partial charge on any atom is -0.371 e. The van der Waals surface area contributed by atoms with E-state index in [9.17, 15) is 18.0 Å². The molecule has 2 heterocycles. The largest absolute Gasteiger partial charge is 0.416 e. The minimum atomic E-state index is -4.48. The summed E-state index contributed by atoms with van der Waals surface area (Å²) in [5.74, 6) is -1.20. The molecule has 2 aromatic carbocycles. The third-order valence-corrected chi connectivity index (χ3v) is 8.33. The van der Waals surface area contributed by atoms with Gasteiger partial charge in [0.25, 0.3) is 5.91 Å². The molecule has 1 amide bonds. The van der Waals surface area contributed by atoms with Crippen molar-refractivity contribution in [2.45, 2.75) is 95.5 Å². The van der Waals surface area contributed by atoms with Crippen molar-refractivity contribution < 1.29 is 36.9 Å². The molecule has 0 aromatic heterocycles. The van der Waals surface area contributed by atoms with Crippen LogP contribution in [-0.2, 0) is 43.1 Å². The van der Waals surface area contributed by atoms with Crippen molar-refractivity contribution in [2.75, 3.05) is 26.2 Å². The van der Waals surface area contributed by atoms with Crippen LogP contribution in [-0.4, -0.2) is 66.7 Å². The van der Waals surface area contributed by atoms with Gasteiger partial charge < -0.3 is 29.2 Å². The molecule has 2 aromatic rings. The third kappa shape index (κ3) is 7.52. The highest BCUT2D eigenvalue weighted by molar-refractivity contribution is 5.85. The molecule has 0 radical (unpaired) electrons. The Hall–Kier alpha value is -2.50. The third-order valence-electron chi connectivity index (χ3n) is 8.33. The van der Waals surface area contributed by atoms with Crippen molar-refractivity contribution >= 4 is 5.91 Å². The number of alkyl halides is 3. The molecule has 10 heteroatoms. The van der Waals surface area contributed by atoms with E-state index in [1.807, 2.05) is 45.0 Å². The summed E-state index contributed by atoms with van der Waals surface area (Å²) in [6.07, 6.45) is -3.28. The molecular formula is C32H41F3N2O5. The van der Waals surface area contributed by atoms with Gasteiger partial charge in [0.15, 0.2) is 11.4 Å². The van der Waals surface area contributed by atoms with Crippen LogP contribution < -0.4 is 5.32 Å². The number of halogens is 3. The smallest absolute Gasteiger partial charge is 0.371 e. The molecule has 3 aliphatic rings. The van der Waals surface area contributed by atoms with Crippen molar-refractivity contribution in [1.29, 1.82) is 0 Å². The Morgan fingerprint density at radius 1 is 1.02 bits per heavy atom. The highest BCUT2D eigenvalue weighted by atomic mass is 19.4. The van der Waals surface area contributed by atoms with Crippen molar-refractivity contribution in [3.63, 3.8) is 0 Å². The van der Waals surface area contributed by atoms with Crippen molar-refractivity contribution in [3.8, 4) is 0 Å². The maximum Gasteiger partial charge on any atom is 0.416 e. The van der Waals surface area contributed by atoms with Gasteiger partial charge in [-0.25, -0.2) is 0 Å². The molecule has 1 N–H and O–H groups in total. The second kappa shape index (κ2) is 12.6. The molecule has 4 atom stereocenters. The quantitative estimate of drug-likeness (QED) is 0.401. The van der Waals surface area contributed by atoms with E-state index >= 15 is 0 Å². The molecule has 230 valence electrons. The Labute approximate surface area is 245 Å². The Kier molecular flexibility index (Phi) is 9.30. The molecule has 0 unspecified atom stereocenters. The van der Waals surface area contributed by atoms with Gasteiger partial charge in [0, 0.05) is 25.9 Å². The van der Waals surface area contributed by atoms with E-state index in [1.165, 1.54) is 6.07 Å². The lowest BCUT2D eigenvalue weighted by Gasteiger charge is -2.43. The number of nitrogens with one attached hydrogen (secondary N) is 1. The Morgan fingerprint density at radius 3 is 2.48 bits per heavy atom. The number of nitrogens with zero attached hydrogens (tertiary/aromatic N) is 1. The second-order valence-corrected chi connectivity index (χ2v) is 12.2. The number of hydrogen-bond donors (Lipinski definition) is 1. The molecule has 5 rings (SSSR count). The van der Waals surface area contributed by atoms with Gasteiger partial charge in [-0.05, 0) is 70.0 Å². The first kappa shape index (κ1) is 30.9. The van der Waals surface area contributed by atoms with Gasteiger partial charge in [0.1, 0.15) is 6.10 Å². The normalized spacial score (nSPS) is 27.6. The van der Waals surface area contributed by atoms with Gasteiger partial charge in [-0.3, -0.25) is 4.79 Å². The van der Waals surface area contributed by atoms with E-state index in [4.69, 9.17) is 18.9 Å². The summed E-state index contributed by atoms with van der Waals surface area (Å²) in [6, 6.07) is 13.0. The topological polar surface area (TPSA) is 69.3 Å². The molecule has 0 spiro atoms. The lowest BCUT2D eigenvalue weighted by atomic mass is 9.78. The lowest BCUT2D eigenvalue weighted by Crippen LogP contribution is -2.60. The van der Waals surface area contributed by atoms with Crippen LogP contribution in [0.25, 0.3) is 0 Å². The summed E-state index contributed by atoms with van der Waals surface area (Å²) in [7, 11) is 0. The zero-order valence-corrected chi connectivity index (χ0v) is 24.5. The first-order valence-electron chi connectivity index (χ1n) is 14.8. The van der Waals surface area contributed by atoms with Gasteiger partial charge in [-0.1, -0.05) is 42.0 Å². The zero-order chi connectivity index (χ0) is 30.0. The molecule has 2 saturated heterocycles. The van der Waals surface area contributed by atoms with E-state index in [0.717, 1.165) is 55.7 Å². The van der Waals surface area contributed by atoms with Gasteiger partial charge in [0.2, 0.25) is 0 Å². The van der Waals surface area contributed by atoms with Crippen molar-refractivity contribution in [3.05, 3.63) is 70.8 Å². The number of benzene rings is 2. The van der Waals surface area contributed by atoms with Crippen LogP contribution in [0.15, 0.2) is 48.5 Å². The van der Waals surface area contributed by atoms with Crippen LogP contribution in [0, 0.1) is 6.92 Å². The molecule has 3 fully saturated rings. The van der Waals surface area contributed by atoms with Gasteiger partial charge in [-0.15, -0.1) is 0 Å². The number of likely N-dealkylation sites (tertiary alicyclic amines) is 1. The van der Waals surface area contributed by atoms with Crippen LogP contribution in [0.1, 0.15) is 61.8 Å². The summed E-state index contributed by atoms with van der Waals surface area (Å²) in [5, 5.41) is 3.06. The average Bonchev–Trinajstić information content (AvgIpc) is 3.57. The van der Waals surface area contributed by atoms with Crippen molar-refractivity contribution in [1.82, 2.24) is 10.2 Å². The van der Waals surface area contributed by atoms with E-state index in [0.29, 0.717) is 18.7 Å². The minimum absolute atomic E-state index is 0.171. The lowest BCUT2D eigenvalue weighted by molar-refractivity contribution is -0.183. The number of amides is 1. The summed E-state index contributed by atoms with van der Waals surface area (Å²) in [5.41, 5.74) is 0.300. The summed E-state index contributed by atoms with van der Waals surface area (Å²) < 4.78 is 65.4. The highest BCUT2D eigenvalue weighted by Crippen LogP contribution is 2.44. The number of aryl methyl sites for hydroxylation is 1. The number of rotatable bonds is 10. The molecular weight excluding hydrogens is 549 g/mol. The average molecular weight is 591 g/mol. The van der Waals surface area contributed by atoms with E-state index in [-0.39, 0.29) is 25.4 Å². The molecule has 42 heavy (non-hydrogen) atoms. The fourth-order valence-electron chi connectivity index (χ4n) is 6.15. The first-order valence-corrected chi connectivity index (χ1v) is 14.8. The van der Waals surface area contributed by atoms with Crippen LogP contribution in [0.4, 0.5) is 13.2 Å². The van der Waals surface area contributed by atoms with Crippen LogP contribution in [0.5, 0.6) is 0 Å². The predicted octanol–water partition coefficient (Wildman–Crippen LogP) is 5.38. The predicted molar refractivity (Wildman–Crippen MR) is 150 cm³/mol. The van der Waals surface area contributed by atoms with E-state index in [1.54, 1.807) is 6.07 Å². The monoisotopic (exact) mass is 590 g/mol. The number of fused-ring (bicyclic) bond motifs is 1. The number of ether oxygens (including phenoxy) is 4. The van der Waals surface area contributed by atoms with Gasteiger partial charge in [0.05, 0.1) is 31.0 Å². The zero-order valence-electron chi connectivity index (χ0n) is 24.5. The molecule has 2 aliphatic heterocycles. The fraction of sp³-hybridized carbons (Fsp3) is 0.594. The van der Waals surface area contributed by atoms with Crippen LogP contribution in [0.3, 0.4) is 0 Å². The van der Waals surface area contributed by atoms with Gasteiger partial charge >= 0.3 is 6.18 Å². The van der Waals surface area contributed by atoms with E-state index < -0.39 is 41.4 Å². The summed E-state index contributed by atoms with van der Waals surface area (Å²) in [4.78, 5) is 16.3. The van der Waals surface area contributed by atoms with Crippen LogP contribution >= 0.6 is 0 Å². The molecule has 0 bridgehead atoms. The first-order chi connectivity index (χ1) is 19.9. The molecule has 7 nitrogen and oxygen atoms in total. The van der Waals surface area contributed by atoms with Crippen LogP contribution in [0.2, 0.25) is 0 Å². The SMILES string of the molecule is Cc1ccc(CO[C@@H]2C[C@](OCc3cccc(C(F)(F)F)c3)(C(=O)NCCN3CCCC3)C[C@H]3OC(C)(C)O[C@@H]23)cc1. The number of carbonyl (C=O) groups excluding carboxylic acids is 1.